The van der Waals surface area contributed by atoms with E-state index < -0.39 is 0 Å². The van der Waals surface area contributed by atoms with E-state index in [-0.39, 0.29) is 0 Å². The fraction of sp³-hybridized carbons (Fsp3) is 0.200. The maximum Gasteiger partial charge on any atom is 0.142 e. The summed E-state index contributed by atoms with van der Waals surface area (Å²) < 4.78 is 10.5. The molecule has 0 fully saturated rings. The fourth-order valence-electron chi connectivity index (χ4n) is 1.79. The molecular formula is C15H18N2O2. The zero-order valence-corrected chi connectivity index (χ0v) is 11.4. The molecule has 0 atom stereocenters. The van der Waals surface area contributed by atoms with Crippen molar-refractivity contribution in [3.8, 4) is 11.5 Å². The van der Waals surface area contributed by atoms with Crippen LogP contribution in [-0.2, 0) is 0 Å². The molecule has 0 aliphatic heterocycles. The van der Waals surface area contributed by atoms with Gasteiger partial charge in [-0.2, -0.15) is 0 Å². The third-order valence-corrected chi connectivity index (χ3v) is 2.96. The maximum absolute atomic E-state index is 5.90. The summed E-state index contributed by atoms with van der Waals surface area (Å²) in [6, 6.07) is 11.4. The summed E-state index contributed by atoms with van der Waals surface area (Å²) in [6.45, 7) is 1.98. The Morgan fingerprint density at radius 1 is 1.00 bits per heavy atom. The highest BCUT2D eigenvalue weighted by molar-refractivity contribution is 5.70. The molecule has 4 nitrogen and oxygen atoms in total. The lowest BCUT2D eigenvalue weighted by Gasteiger charge is -2.13. The molecule has 3 N–H and O–H groups in total. The average Bonchev–Trinajstić information content (AvgIpc) is 2.43. The molecule has 19 heavy (non-hydrogen) atoms. The summed E-state index contributed by atoms with van der Waals surface area (Å²) >= 11 is 0. The van der Waals surface area contributed by atoms with Crippen LogP contribution < -0.4 is 20.5 Å². The highest BCUT2D eigenvalue weighted by Crippen LogP contribution is 2.32. The Bertz CT molecular complexity index is 582. The molecule has 0 heterocycles. The number of aryl methyl sites for hydroxylation is 1. The largest absolute Gasteiger partial charge is 0.497 e. The summed E-state index contributed by atoms with van der Waals surface area (Å²) in [4.78, 5) is 0. The number of hydrogen-bond acceptors (Lipinski definition) is 4. The molecule has 2 aromatic carbocycles. The van der Waals surface area contributed by atoms with Gasteiger partial charge in [-0.3, -0.25) is 0 Å². The van der Waals surface area contributed by atoms with E-state index in [2.05, 4.69) is 5.32 Å². The van der Waals surface area contributed by atoms with E-state index in [4.69, 9.17) is 15.2 Å². The van der Waals surface area contributed by atoms with Gasteiger partial charge in [-0.05, 0) is 36.8 Å². The number of hydrogen-bond donors (Lipinski definition) is 2. The second-order valence-corrected chi connectivity index (χ2v) is 4.26. The molecule has 0 amide bonds. The van der Waals surface area contributed by atoms with Crippen molar-refractivity contribution in [1.29, 1.82) is 0 Å². The van der Waals surface area contributed by atoms with Crippen LogP contribution in [0.1, 0.15) is 5.56 Å². The minimum Gasteiger partial charge on any atom is -0.497 e. The zero-order chi connectivity index (χ0) is 13.8. The van der Waals surface area contributed by atoms with Gasteiger partial charge in [0.25, 0.3) is 0 Å². The zero-order valence-electron chi connectivity index (χ0n) is 11.4. The molecule has 0 saturated heterocycles. The van der Waals surface area contributed by atoms with Gasteiger partial charge in [0, 0.05) is 17.4 Å². The number of rotatable bonds is 4. The smallest absolute Gasteiger partial charge is 0.142 e. The number of methoxy groups -OCH3 is 2. The summed E-state index contributed by atoms with van der Waals surface area (Å²) in [5, 5.41) is 3.28. The monoisotopic (exact) mass is 258 g/mol. The van der Waals surface area contributed by atoms with Crippen molar-refractivity contribution >= 4 is 17.1 Å². The van der Waals surface area contributed by atoms with Crippen LogP contribution in [0.2, 0.25) is 0 Å². The van der Waals surface area contributed by atoms with Gasteiger partial charge in [-0.1, -0.05) is 6.07 Å². The van der Waals surface area contributed by atoms with E-state index in [9.17, 15) is 0 Å². The Balaban J connectivity index is 2.33. The van der Waals surface area contributed by atoms with Gasteiger partial charge in [0.15, 0.2) is 0 Å². The van der Waals surface area contributed by atoms with Gasteiger partial charge in [-0.15, -0.1) is 0 Å². The van der Waals surface area contributed by atoms with Crippen molar-refractivity contribution in [2.24, 2.45) is 0 Å². The van der Waals surface area contributed by atoms with E-state index in [1.807, 2.05) is 43.3 Å². The number of anilines is 3. The van der Waals surface area contributed by atoms with Crippen molar-refractivity contribution in [2.45, 2.75) is 6.92 Å². The third kappa shape index (κ3) is 2.91. The van der Waals surface area contributed by atoms with Crippen LogP contribution >= 0.6 is 0 Å². The predicted molar refractivity (Wildman–Crippen MR) is 78.4 cm³/mol. The lowest BCUT2D eigenvalue weighted by atomic mass is 10.2. The Hall–Kier alpha value is -2.36. The number of nitrogen functional groups attached to an aromatic ring is 1. The second kappa shape index (κ2) is 5.52. The standard InChI is InChI=1S/C15H18N2O2/c1-10-4-5-11(8-13(10)16)17-14-9-12(18-2)6-7-15(14)19-3/h4-9,17H,16H2,1-3H3. The van der Waals surface area contributed by atoms with Crippen LogP contribution in [0.5, 0.6) is 11.5 Å². The Morgan fingerprint density at radius 3 is 2.42 bits per heavy atom. The summed E-state index contributed by atoms with van der Waals surface area (Å²) in [6.07, 6.45) is 0. The Morgan fingerprint density at radius 2 is 1.79 bits per heavy atom. The third-order valence-electron chi connectivity index (χ3n) is 2.96. The van der Waals surface area contributed by atoms with E-state index in [0.29, 0.717) is 0 Å². The van der Waals surface area contributed by atoms with Crippen LogP contribution in [0, 0.1) is 6.92 Å². The Labute approximate surface area is 113 Å². The molecule has 2 aromatic rings. The highest BCUT2D eigenvalue weighted by Gasteiger charge is 2.06. The van der Waals surface area contributed by atoms with Crippen LogP contribution in [0.15, 0.2) is 36.4 Å². The predicted octanol–water partition coefficient (Wildman–Crippen LogP) is 3.34. The SMILES string of the molecule is COc1ccc(OC)c(Nc2ccc(C)c(N)c2)c1. The first-order chi connectivity index (χ1) is 9.13. The minimum atomic E-state index is 0.750. The first kappa shape index (κ1) is 13.1. The molecule has 0 saturated carbocycles. The van der Waals surface area contributed by atoms with Crippen LogP contribution in [0.25, 0.3) is 0 Å². The molecule has 100 valence electrons. The van der Waals surface area contributed by atoms with Gasteiger partial charge in [-0.25, -0.2) is 0 Å². The van der Waals surface area contributed by atoms with Crippen molar-refractivity contribution < 1.29 is 9.47 Å². The topological polar surface area (TPSA) is 56.5 Å². The van der Waals surface area contributed by atoms with Crippen molar-refractivity contribution in [2.75, 3.05) is 25.3 Å². The normalized spacial score (nSPS) is 10.1. The molecule has 0 aromatic heterocycles. The lowest BCUT2D eigenvalue weighted by Crippen LogP contribution is -1.97. The van der Waals surface area contributed by atoms with Crippen LogP contribution in [0.4, 0.5) is 17.1 Å². The van der Waals surface area contributed by atoms with E-state index >= 15 is 0 Å². The summed E-state index contributed by atoms with van der Waals surface area (Å²) in [7, 11) is 3.27. The minimum absolute atomic E-state index is 0.750. The second-order valence-electron chi connectivity index (χ2n) is 4.26. The molecule has 0 spiro atoms. The van der Waals surface area contributed by atoms with E-state index in [0.717, 1.165) is 34.1 Å². The maximum atomic E-state index is 5.90. The molecule has 0 radical (unpaired) electrons. The van der Waals surface area contributed by atoms with E-state index in [1.165, 1.54) is 0 Å². The number of nitrogens with one attached hydrogen (secondary N) is 1. The van der Waals surface area contributed by atoms with Crippen molar-refractivity contribution in [1.82, 2.24) is 0 Å². The molecular weight excluding hydrogens is 240 g/mol. The summed E-state index contributed by atoms with van der Waals surface area (Å²) in [5.74, 6) is 1.52. The van der Waals surface area contributed by atoms with Gasteiger partial charge >= 0.3 is 0 Å². The Kier molecular flexibility index (Phi) is 3.80. The quantitative estimate of drug-likeness (QED) is 0.826. The van der Waals surface area contributed by atoms with Crippen molar-refractivity contribution in [3.63, 3.8) is 0 Å². The van der Waals surface area contributed by atoms with Crippen LogP contribution in [0.3, 0.4) is 0 Å². The highest BCUT2D eigenvalue weighted by atomic mass is 16.5. The fourth-order valence-corrected chi connectivity index (χ4v) is 1.79. The van der Waals surface area contributed by atoms with Crippen LogP contribution in [-0.4, -0.2) is 14.2 Å². The summed E-state index contributed by atoms with van der Waals surface area (Å²) in [5.41, 5.74) is 9.47. The van der Waals surface area contributed by atoms with Gasteiger partial charge in [0.05, 0.1) is 19.9 Å². The first-order valence-electron chi connectivity index (χ1n) is 5.99. The van der Waals surface area contributed by atoms with Gasteiger partial charge < -0.3 is 20.5 Å². The number of ether oxygens (including phenoxy) is 2. The average molecular weight is 258 g/mol. The first-order valence-corrected chi connectivity index (χ1v) is 5.99. The molecule has 0 bridgehead atoms. The molecule has 2 rings (SSSR count). The molecule has 0 aliphatic carbocycles. The van der Waals surface area contributed by atoms with Gasteiger partial charge in [0.1, 0.15) is 11.5 Å². The number of nitrogens with two attached hydrogens (primary N) is 1. The molecule has 0 aliphatic rings. The lowest BCUT2D eigenvalue weighted by molar-refractivity contribution is 0.405. The molecule has 0 unspecified atom stereocenters. The van der Waals surface area contributed by atoms with Gasteiger partial charge in [0.2, 0.25) is 0 Å². The van der Waals surface area contributed by atoms with E-state index in [1.54, 1.807) is 14.2 Å². The molecule has 4 heteroatoms. The number of benzene rings is 2. The van der Waals surface area contributed by atoms with Crippen molar-refractivity contribution in [3.05, 3.63) is 42.0 Å².